The molecule has 5 heteroatoms. The Balaban J connectivity index is 3.25. The summed E-state index contributed by atoms with van der Waals surface area (Å²) in [4.78, 5) is 10.9. The van der Waals surface area contributed by atoms with Crippen LogP contribution >= 0.6 is 0 Å². The third kappa shape index (κ3) is 3.59. The molecule has 0 aliphatic carbocycles. The average Bonchev–Trinajstić information content (AvgIpc) is 2.37. The van der Waals surface area contributed by atoms with Gasteiger partial charge < -0.3 is 14.6 Å². The molecule has 106 valence electrons. The fourth-order valence-electron chi connectivity index (χ4n) is 1.87. The van der Waals surface area contributed by atoms with Gasteiger partial charge in [-0.05, 0) is 36.6 Å². The third-order valence-electron chi connectivity index (χ3n) is 2.99. The van der Waals surface area contributed by atoms with Gasteiger partial charge >= 0.3 is 5.97 Å². The summed E-state index contributed by atoms with van der Waals surface area (Å²) >= 11 is 0. The Kier molecular flexibility index (Phi) is 5.15. The lowest BCUT2D eigenvalue weighted by Crippen LogP contribution is -2.13. The second-order valence-corrected chi connectivity index (χ2v) is 4.47. The van der Waals surface area contributed by atoms with Crippen molar-refractivity contribution in [2.75, 3.05) is 14.2 Å². The van der Waals surface area contributed by atoms with Crippen LogP contribution in [0.5, 0.6) is 11.5 Å². The van der Waals surface area contributed by atoms with Crippen LogP contribution in [0.25, 0.3) is 0 Å². The smallest absolute Gasteiger partial charge is 0.306 e. The number of carboxylic acid groups (broad SMARTS) is 1. The minimum atomic E-state index is -1.15. The number of carboxylic acids is 1. The molecule has 1 N–H and O–H groups in total. The van der Waals surface area contributed by atoms with Crippen molar-refractivity contribution in [2.45, 2.75) is 26.4 Å². The van der Waals surface area contributed by atoms with Crippen molar-refractivity contribution in [2.24, 2.45) is 5.92 Å². The van der Waals surface area contributed by atoms with Crippen LogP contribution in [0.15, 0.2) is 12.1 Å². The Labute approximate surface area is 112 Å². The number of alkyl halides is 1. The molecule has 0 aliphatic heterocycles. The van der Waals surface area contributed by atoms with Gasteiger partial charge in [0.1, 0.15) is 6.17 Å². The van der Waals surface area contributed by atoms with E-state index in [2.05, 4.69) is 0 Å². The van der Waals surface area contributed by atoms with Crippen molar-refractivity contribution < 1.29 is 23.8 Å². The number of hydrogen-bond donors (Lipinski definition) is 1. The third-order valence-corrected chi connectivity index (χ3v) is 2.99. The highest BCUT2D eigenvalue weighted by atomic mass is 19.1. The summed E-state index contributed by atoms with van der Waals surface area (Å²) in [5.74, 6) is -0.611. The van der Waals surface area contributed by atoms with Gasteiger partial charge in [0, 0.05) is 0 Å². The first kappa shape index (κ1) is 15.3. The summed E-state index contributed by atoms with van der Waals surface area (Å²) in [6, 6.07) is 3.20. The molecular weight excluding hydrogens is 251 g/mol. The normalized spacial score (nSPS) is 13.7. The van der Waals surface area contributed by atoms with Crippen LogP contribution in [0.1, 0.15) is 31.1 Å². The van der Waals surface area contributed by atoms with Crippen molar-refractivity contribution in [3.8, 4) is 11.5 Å². The van der Waals surface area contributed by atoms with E-state index in [1.54, 1.807) is 19.1 Å². The number of ether oxygens (including phenoxy) is 2. The zero-order valence-corrected chi connectivity index (χ0v) is 11.6. The number of hydrogen-bond acceptors (Lipinski definition) is 3. The minimum Gasteiger partial charge on any atom is -0.493 e. The van der Waals surface area contributed by atoms with Crippen molar-refractivity contribution in [1.29, 1.82) is 0 Å². The van der Waals surface area contributed by atoms with Gasteiger partial charge in [-0.15, -0.1) is 0 Å². The molecule has 0 bridgehead atoms. The van der Waals surface area contributed by atoms with E-state index in [4.69, 9.17) is 14.6 Å². The molecule has 19 heavy (non-hydrogen) atoms. The van der Waals surface area contributed by atoms with Crippen LogP contribution in [0.2, 0.25) is 0 Å². The molecule has 2 unspecified atom stereocenters. The maximum Gasteiger partial charge on any atom is 0.306 e. The first-order valence-corrected chi connectivity index (χ1v) is 6.02. The van der Waals surface area contributed by atoms with E-state index in [0.29, 0.717) is 22.6 Å². The highest BCUT2D eigenvalue weighted by Crippen LogP contribution is 2.36. The van der Waals surface area contributed by atoms with Gasteiger partial charge in [-0.2, -0.15) is 0 Å². The van der Waals surface area contributed by atoms with Crippen LogP contribution in [0.4, 0.5) is 4.39 Å². The van der Waals surface area contributed by atoms with Gasteiger partial charge in [-0.3, -0.25) is 4.79 Å². The molecule has 0 aliphatic rings. The molecule has 0 saturated heterocycles. The lowest BCUT2D eigenvalue weighted by atomic mass is 9.97. The van der Waals surface area contributed by atoms with Crippen molar-refractivity contribution in [1.82, 2.24) is 0 Å². The lowest BCUT2D eigenvalue weighted by molar-refractivity contribution is -0.141. The average molecular weight is 270 g/mol. The number of carbonyl (C=O) groups is 1. The van der Waals surface area contributed by atoms with E-state index in [-0.39, 0.29) is 6.42 Å². The number of benzene rings is 1. The molecule has 0 amide bonds. The van der Waals surface area contributed by atoms with Crippen LogP contribution in [0.3, 0.4) is 0 Å². The molecule has 0 fully saturated rings. The van der Waals surface area contributed by atoms with Gasteiger partial charge in [0.05, 0.1) is 20.1 Å². The molecule has 0 spiro atoms. The first-order valence-electron chi connectivity index (χ1n) is 6.02. The van der Waals surface area contributed by atoms with Crippen LogP contribution < -0.4 is 9.47 Å². The highest BCUT2D eigenvalue weighted by Gasteiger charge is 2.19. The molecular formula is C14H19FO4. The summed E-state index contributed by atoms with van der Waals surface area (Å²) in [6.45, 7) is 3.02. The van der Waals surface area contributed by atoms with Gasteiger partial charge in [-0.25, -0.2) is 4.39 Å². The quantitative estimate of drug-likeness (QED) is 0.863. The Morgan fingerprint density at radius 3 is 2.37 bits per heavy atom. The second kappa shape index (κ2) is 6.41. The van der Waals surface area contributed by atoms with E-state index in [1.807, 2.05) is 0 Å². The van der Waals surface area contributed by atoms with E-state index in [1.165, 1.54) is 21.1 Å². The van der Waals surface area contributed by atoms with Crippen LogP contribution in [-0.2, 0) is 11.2 Å². The Hall–Kier alpha value is -1.78. The molecule has 4 nitrogen and oxygen atoms in total. The van der Waals surface area contributed by atoms with Gasteiger partial charge in [-0.1, -0.05) is 6.92 Å². The molecule has 0 saturated carbocycles. The Morgan fingerprint density at radius 2 is 1.95 bits per heavy atom. The monoisotopic (exact) mass is 270 g/mol. The van der Waals surface area contributed by atoms with E-state index in [9.17, 15) is 9.18 Å². The lowest BCUT2D eigenvalue weighted by Gasteiger charge is -2.17. The van der Waals surface area contributed by atoms with Crippen molar-refractivity contribution >= 4 is 5.97 Å². The second-order valence-electron chi connectivity index (χ2n) is 4.47. The number of aliphatic carboxylic acids is 1. The molecule has 0 heterocycles. The molecule has 0 aromatic heterocycles. The first-order chi connectivity index (χ1) is 8.90. The van der Waals surface area contributed by atoms with E-state index in [0.717, 1.165) is 0 Å². The maximum absolute atomic E-state index is 13.4. The van der Waals surface area contributed by atoms with Crippen molar-refractivity contribution in [3.63, 3.8) is 0 Å². The number of rotatable bonds is 6. The number of methoxy groups -OCH3 is 2. The standard InChI is InChI=1S/C14H19FO4/c1-8(14(16)17)5-11-6-10(9(2)15)7-12(18-3)13(11)19-4/h6-9H,5H2,1-4H3,(H,16,17). The maximum atomic E-state index is 13.4. The summed E-state index contributed by atoms with van der Waals surface area (Å²) in [7, 11) is 2.94. The molecule has 1 rings (SSSR count). The van der Waals surface area contributed by atoms with E-state index >= 15 is 0 Å². The van der Waals surface area contributed by atoms with Gasteiger partial charge in [0.25, 0.3) is 0 Å². The zero-order valence-electron chi connectivity index (χ0n) is 11.6. The van der Waals surface area contributed by atoms with E-state index < -0.39 is 18.1 Å². The molecule has 1 aromatic rings. The number of halogens is 1. The molecule has 0 radical (unpaired) electrons. The summed E-state index contributed by atoms with van der Waals surface area (Å²) in [5, 5.41) is 8.97. The molecule has 2 atom stereocenters. The summed E-state index contributed by atoms with van der Waals surface area (Å²) in [6.07, 6.45) is -0.895. The van der Waals surface area contributed by atoms with Gasteiger partial charge in [0.15, 0.2) is 11.5 Å². The zero-order chi connectivity index (χ0) is 14.6. The Morgan fingerprint density at radius 1 is 1.32 bits per heavy atom. The van der Waals surface area contributed by atoms with Crippen molar-refractivity contribution in [3.05, 3.63) is 23.3 Å². The van der Waals surface area contributed by atoms with Gasteiger partial charge in [0.2, 0.25) is 0 Å². The predicted molar refractivity (Wildman–Crippen MR) is 69.6 cm³/mol. The molecule has 1 aromatic carbocycles. The van der Waals surface area contributed by atoms with Crippen LogP contribution in [-0.4, -0.2) is 25.3 Å². The summed E-state index contributed by atoms with van der Waals surface area (Å²) in [5.41, 5.74) is 1.08. The topological polar surface area (TPSA) is 55.8 Å². The minimum absolute atomic E-state index is 0.259. The largest absolute Gasteiger partial charge is 0.493 e. The fraction of sp³-hybridized carbons (Fsp3) is 0.500. The summed E-state index contributed by atoms with van der Waals surface area (Å²) < 4.78 is 23.9. The Bertz CT molecular complexity index is 457. The van der Waals surface area contributed by atoms with Crippen LogP contribution in [0, 0.1) is 5.92 Å². The SMILES string of the molecule is COc1cc(C(C)F)cc(CC(C)C(=O)O)c1OC. The fourth-order valence-corrected chi connectivity index (χ4v) is 1.87. The predicted octanol–water partition coefficient (Wildman–Crippen LogP) is 3.00. The highest BCUT2D eigenvalue weighted by molar-refractivity contribution is 5.70.